The van der Waals surface area contributed by atoms with E-state index < -0.39 is 11.7 Å². The monoisotopic (exact) mass is 409 g/mol. The molecule has 8 heteroatoms. The number of carbonyl (C=O) groups excluding carboxylic acids is 1. The van der Waals surface area contributed by atoms with Crippen molar-refractivity contribution >= 4 is 22.9 Å². The summed E-state index contributed by atoms with van der Waals surface area (Å²) in [6.07, 6.45) is 0.353. The molecule has 0 spiro atoms. The highest BCUT2D eigenvalue weighted by molar-refractivity contribution is 7.13. The number of nitrogens with zero attached hydrogens (tertiary/aromatic N) is 2. The Bertz CT molecular complexity index is 1140. The maximum absolute atomic E-state index is 13.9. The summed E-state index contributed by atoms with van der Waals surface area (Å²) < 4.78 is 24.1. The Morgan fingerprint density at radius 3 is 2.83 bits per heavy atom. The number of thiophene rings is 1. The normalized spacial score (nSPS) is 10.7. The highest BCUT2D eigenvalue weighted by atomic mass is 32.1. The first kappa shape index (κ1) is 18.8. The van der Waals surface area contributed by atoms with E-state index in [2.05, 4.69) is 15.5 Å². The van der Waals surface area contributed by atoms with Crippen LogP contribution in [0.4, 0.5) is 10.1 Å². The molecule has 1 amide bonds. The summed E-state index contributed by atoms with van der Waals surface area (Å²) in [5.74, 6) is 0.0277. The molecule has 1 N–H and O–H groups in total. The second-order valence-electron chi connectivity index (χ2n) is 6.13. The minimum atomic E-state index is -0.597. The number of para-hydroxylation sites is 1. The van der Waals surface area contributed by atoms with Gasteiger partial charge in [-0.25, -0.2) is 4.39 Å². The van der Waals surface area contributed by atoms with Crippen molar-refractivity contribution in [2.45, 2.75) is 6.42 Å². The number of aromatic nitrogens is 2. The number of hydrogen-bond acceptors (Lipinski definition) is 6. The summed E-state index contributed by atoms with van der Waals surface area (Å²) in [6, 6.07) is 15.2. The molecule has 0 saturated carbocycles. The van der Waals surface area contributed by atoms with Gasteiger partial charge in [0.2, 0.25) is 11.7 Å². The molecule has 4 aromatic rings. The number of rotatable bonds is 6. The average Bonchev–Trinajstić information content (AvgIpc) is 3.41. The summed E-state index contributed by atoms with van der Waals surface area (Å²) in [7, 11) is 1.37. The summed E-state index contributed by atoms with van der Waals surface area (Å²) in [4.78, 5) is 17.9. The van der Waals surface area contributed by atoms with Crippen molar-refractivity contribution in [1.82, 2.24) is 10.1 Å². The highest BCUT2D eigenvalue weighted by Gasteiger charge is 2.15. The summed E-state index contributed by atoms with van der Waals surface area (Å²) in [5.41, 5.74) is 1.58. The minimum Gasteiger partial charge on any atom is -0.494 e. The number of ether oxygens (including phenoxy) is 1. The van der Waals surface area contributed by atoms with E-state index >= 15 is 0 Å². The van der Waals surface area contributed by atoms with Crippen molar-refractivity contribution < 1.29 is 18.4 Å². The van der Waals surface area contributed by atoms with E-state index in [1.54, 1.807) is 12.1 Å². The molecule has 29 heavy (non-hydrogen) atoms. The molecule has 0 fully saturated rings. The van der Waals surface area contributed by atoms with Crippen molar-refractivity contribution in [3.8, 4) is 16.5 Å². The Hall–Kier alpha value is -3.52. The van der Waals surface area contributed by atoms with Crippen molar-refractivity contribution in [2.75, 3.05) is 12.4 Å². The number of benzene rings is 2. The van der Waals surface area contributed by atoms with Crippen LogP contribution < -0.4 is 10.1 Å². The zero-order valence-electron chi connectivity index (χ0n) is 15.4. The van der Waals surface area contributed by atoms with E-state index in [9.17, 15) is 9.18 Å². The fraction of sp³-hybridized carbons (Fsp3) is 0.0952. The number of hydrogen-bond donors (Lipinski definition) is 1. The first-order valence-electron chi connectivity index (χ1n) is 8.73. The van der Waals surface area contributed by atoms with Crippen molar-refractivity contribution in [1.29, 1.82) is 0 Å². The van der Waals surface area contributed by atoms with E-state index in [0.717, 1.165) is 16.5 Å². The molecule has 146 valence electrons. The van der Waals surface area contributed by atoms with Crippen LogP contribution in [-0.2, 0) is 6.42 Å². The lowest BCUT2D eigenvalue weighted by Gasteiger charge is -2.10. The molecule has 0 saturated heterocycles. The minimum absolute atomic E-state index is 0.0832. The standard InChI is InChI=1S/C21H16FN3O3S/c1-27-17-9-8-14(11-15(17)22)21(26)23-16-6-3-2-5-13(16)12-19-24-20(25-28-19)18-7-4-10-29-18/h2-11H,12H2,1H3,(H,23,26). The molecule has 0 aliphatic heterocycles. The zero-order chi connectivity index (χ0) is 20.2. The predicted octanol–water partition coefficient (Wildman–Crippen LogP) is 4.79. The van der Waals surface area contributed by atoms with Gasteiger partial charge in [0.25, 0.3) is 5.91 Å². The molecule has 0 bridgehead atoms. The van der Waals surface area contributed by atoms with E-state index in [4.69, 9.17) is 9.26 Å². The van der Waals surface area contributed by atoms with E-state index in [1.165, 1.54) is 30.6 Å². The van der Waals surface area contributed by atoms with Gasteiger partial charge in [0.05, 0.1) is 18.4 Å². The van der Waals surface area contributed by atoms with Crippen LogP contribution in [0, 0.1) is 5.82 Å². The van der Waals surface area contributed by atoms with E-state index in [0.29, 0.717) is 23.8 Å². The SMILES string of the molecule is COc1ccc(C(=O)Nc2ccccc2Cc2nc(-c3cccs3)no2)cc1F. The van der Waals surface area contributed by atoms with Crippen LogP contribution >= 0.6 is 11.3 Å². The second kappa shape index (κ2) is 8.24. The van der Waals surface area contributed by atoms with Crippen molar-refractivity contribution in [2.24, 2.45) is 0 Å². The van der Waals surface area contributed by atoms with Gasteiger partial charge in [0.15, 0.2) is 11.6 Å². The van der Waals surface area contributed by atoms with Crippen LogP contribution in [0.15, 0.2) is 64.5 Å². The topological polar surface area (TPSA) is 77.2 Å². The number of halogens is 1. The molecular formula is C21H16FN3O3S. The first-order chi connectivity index (χ1) is 14.1. The largest absolute Gasteiger partial charge is 0.494 e. The van der Waals surface area contributed by atoms with Crippen LogP contribution in [0.2, 0.25) is 0 Å². The fourth-order valence-corrected chi connectivity index (χ4v) is 3.44. The number of carbonyl (C=O) groups is 1. The molecular weight excluding hydrogens is 393 g/mol. The number of amides is 1. The lowest BCUT2D eigenvalue weighted by atomic mass is 10.1. The van der Waals surface area contributed by atoms with Crippen LogP contribution in [0.5, 0.6) is 5.75 Å². The molecule has 0 atom stereocenters. The Labute approximate surface area is 170 Å². The maximum Gasteiger partial charge on any atom is 0.255 e. The second-order valence-corrected chi connectivity index (χ2v) is 7.07. The summed E-state index contributed by atoms with van der Waals surface area (Å²) in [6.45, 7) is 0. The maximum atomic E-state index is 13.9. The number of nitrogens with one attached hydrogen (secondary N) is 1. The summed E-state index contributed by atoms with van der Waals surface area (Å²) in [5, 5.41) is 8.76. The third-order valence-electron chi connectivity index (χ3n) is 4.23. The van der Waals surface area contributed by atoms with Gasteiger partial charge in [-0.05, 0) is 41.3 Å². The highest BCUT2D eigenvalue weighted by Crippen LogP contribution is 2.24. The third kappa shape index (κ3) is 4.17. The van der Waals surface area contributed by atoms with Crippen LogP contribution in [0.25, 0.3) is 10.7 Å². The Balaban J connectivity index is 1.53. The molecule has 2 aromatic heterocycles. The Kier molecular flexibility index (Phi) is 5.35. The molecule has 0 aliphatic carbocycles. The Morgan fingerprint density at radius 2 is 2.07 bits per heavy atom. The number of anilines is 1. The van der Waals surface area contributed by atoms with E-state index in [-0.39, 0.29) is 11.3 Å². The van der Waals surface area contributed by atoms with Gasteiger partial charge in [-0.15, -0.1) is 11.3 Å². The van der Waals surface area contributed by atoms with Gasteiger partial charge in [-0.1, -0.05) is 29.4 Å². The van der Waals surface area contributed by atoms with Gasteiger partial charge < -0.3 is 14.6 Å². The molecule has 0 unspecified atom stereocenters. The molecule has 4 rings (SSSR count). The van der Waals surface area contributed by atoms with E-state index in [1.807, 2.05) is 29.6 Å². The lowest BCUT2D eigenvalue weighted by molar-refractivity contribution is 0.102. The first-order valence-corrected chi connectivity index (χ1v) is 9.61. The number of methoxy groups -OCH3 is 1. The Morgan fingerprint density at radius 1 is 1.21 bits per heavy atom. The molecule has 0 radical (unpaired) electrons. The van der Waals surface area contributed by atoms with Gasteiger partial charge in [-0.2, -0.15) is 4.98 Å². The molecule has 6 nitrogen and oxygen atoms in total. The quantitative estimate of drug-likeness (QED) is 0.495. The van der Waals surface area contributed by atoms with Crippen molar-refractivity contribution in [3.63, 3.8) is 0 Å². The average molecular weight is 409 g/mol. The fourth-order valence-electron chi connectivity index (χ4n) is 2.79. The van der Waals surface area contributed by atoms with Gasteiger partial charge in [-0.3, -0.25) is 4.79 Å². The van der Waals surface area contributed by atoms with Gasteiger partial charge in [0, 0.05) is 11.3 Å². The summed E-state index contributed by atoms with van der Waals surface area (Å²) >= 11 is 1.53. The van der Waals surface area contributed by atoms with Crippen molar-refractivity contribution in [3.05, 3.63) is 82.8 Å². The molecule has 0 aliphatic rings. The predicted molar refractivity (Wildman–Crippen MR) is 108 cm³/mol. The van der Waals surface area contributed by atoms with Crippen LogP contribution in [-0.4, -0.2) is 23.2 Å². The van der Waals surface area contributed by atoms with Gasteiger partial charge >= 0.3 is 0 Å². The van der Waals surface area contributed by atoms with Crippen LogP contribution in [0.1, 0.15) is 21.8 Å². The molecule has 2 aromatic carbocycles. The van der Waals surface area contributed by atoms with Crippen LogP contribution in [0.3, 0.4) is 0 Å². The molecule has 2 heterocycles. The zero-order valence-corrected chi connectivity index (χ0v) is 16.2. The van der Waals surface area contributed by atoms with Gasteiger partial charge in [0.1, 0.15) is 0 Å². The smallest absolute Gasteiger partial charge is 0.255 e. The third-order valence-corrected chi connectivity index (χ3v) is 5.10. The lowest BCUT2D eigenvalue weighted by Crippen LogP contribution is -2.14.